The predicted octanol–water partition coefficient (Wildman–Crippen LogP) is 3.68. The monoisotopic (exact) mass is 298 g/mol. The molecule has 0 spiro atoms. The number of hydrogen-bond donors (Lipinski definition) is 0. The number of fused-ring (bicyclic) bond motifs is 1. The number of hydrogen-bond acceptors (Lipinski definition) is 4. The number of ether oxygens (including phenoxy) is 2. The van der Waals surface area contributed by atoms with E-state index < -0.39 is 0 Å². The van der Waals surface area contributed by atoms with E-state index in [1.807, 2.05) is 31.2 Å². The Morgan fingerprint density at radius 1 is 1.18 bits per heavy atom. The zero-order valence-electron chi connectivity index (χ0n) is 13.4. The Bertz CT molecular complexity index is 655. The van der Waals surface area contributed by atoms with E-state index >= 15 is 0 Å². The maximum atomic E-state index is 5.99. The van der Waals surface area contributed by atoms with Gasteiger partial charge in [0.25, 0.3) is 0 Å². The van der Waals surface area contributed by atoms with Crippen LogP contribution in [0.3, 0.4) is 0 Å². The topological polar surface area (TPSA) is 44.2 Å². The van der Waals surface area contributed by atoms with Gasteiger partial charge in [-0.25, -0.2) is 9.97 Å². The summed E-state index contributed by atoms with van der Waals surface area (Å²) >= 11 is 0. The second kappa shape index (κ2) is 6.34. The first-order valence-corrected chi connectivity index (χ1v) is 7.85. The molecule has 116 valence electrons. The Balaban J connectivity index is 1.64. The van der Waals surface area contributed by atoms with Crippen LogP contribution < -0.4 is 9.47 Å². The highest BCUT2D eigenvalue weighted by atomic mass is 16.6. The summed E-state index contributed by atoms with van der Waals surface area (Å²) in [6.45, 7) is 6.85. The molecule has 2 aromatic rings. The van der Waals surface area contributed by atoms with Crippen molar-refractivity contribution in [3.05, 3.63) is 47.5 Å². The van der Waals surface area contributed by atoms with E-state index in [-0.39, 0.29) is 6.10 Å². The van der Waals surface area contributed by atoms with Crippen molar-refractivity contribution < 1.29 is 9.47 Å². The lowest BCUT2D eigenvalue weighted by Crippen LogP contribution is -2.29. The molecule has 2 heterocycles. The Morgan fingerprint density at radius 3 is 2.73 bits per heavy atom. The van der Waals surface area contributed by atoms with Gasteiger partial charge in [0.05, 0.1) is 0 Å². The zero-order chi connectivity index (χ0) is 15.5. The first-order valence-electron chi connectivity index (χ1n) is 7.85. The number of aromatic nitrogens is 2. The van der Waals surface area contributed by atoms with Crippen molar-refractivity contribution in [1.82, 2.24) is 9.97 Å². The predicted molar refractivity (Wildman–Crippen MR) is 85.5 cm³/mol. The third kappa shape index (κ3) is 3.38. The molecule has 4 heteroatoms. The van der Waals surface area contributed by atoms with Gasteiger partial charge in [0, 0.05) is 11.4 Å². The van der Waals surface area contributed by atoms with E-state index in [1.165, 1.54) is 0 Å². The third-order valence-corrected chi connectivity index (χ3v) is 3.79. The fraction of sp³-hybridized carbons (Fsp3) is 0.444. The Kier molecular flexibility index (Phi) is 4.27. The number of para-hydroxylation sites is 2. The summed E-state index contributed by atoms with van der Waals surface area (Å²) in [5.74, 6) is 2.92. The van der Waals surface area contributed by atoms with Crippen LogP contribution in [0.2, 0.25) is 0 Å². The number of benzene rings is 1. The third-order valence-electron chi connectivity index (χ3n) is 3.79. The Hall–Kier alpha value is -2.10. The van der Waals surface area contributed by atoms with Gasteiger partial charge < -0.3 is 9.47 Å². The summed E-state index contributed by atoms with van der Waals surface area (Å²) in [6.07, 6.45) is 1.84. The van der Waals surface area contributed by atoms with Gasteiger partial charge in [0.2, 0.25) is 0 Å². The highest BCUT2D eigenvalue weighted by Crippen LogP contribution is 2.31. The van der Waals surface area contributed by atoms with Gasteiger partial charge in [-0.2, -0.15) is 0 Å². The lowest BCUT2D eigenvalue weighted by molar-refractivity contribution is 0.0849. The van der Waals surface area contributed by atoms with E-state index in [0.717, 1.165) is 41.6 Å². The molecule has 1 aromatic heterocycles. The average molecular weight is 298 g/mol. The van der Waals surface area contributed by atoms with Crippen LogP contribution in [0, 0.1) is 6.92 Å². The number of nitrogens with zero attached hydrogens (tertiary/aromatic N) is 2. The van der Waals surface area contributed by atoms with Crippen molar-refractivity contribution in [2.45, 2.75) is 45.6 Å². The van der Waals surface area contributed by atoms with Gasteiger partial charge in [-0.1, -0.05) is 26.0 Å². The van der Waals surface area contributed by atoms with E-state index in [0.29, 0.717) is 12.5 Å². The number of rotatable bonds is 4. The smallest absolute Gasteiger partial charge is 0.161 e. The molecule has 0 aliphatic carbocycles. The molecule has 0 bridgehead atoms. The molecular formula is C18H22N2O2. The summed E-state index contributed by atoms with van der Waals surface area (Å²) < 4.78 is 11.7. The van der Waals surface area contributed by atoms with Crippen LogP contribution in [-0.4, -0.2) is 22.7 Å². The molecule has 1 atom stereocenters. The summed E-state index contributed by atoms with van der Waals surface area (Å²) in [7, 11) is 0. The second-order valence-electron chi connectivity index (χ2n) is 6.02. The minimum Gasteiger partial charge on any atom is -0.486 e. The summed E-state index contributed by atoms with van der Waals surface area (Å²) in [4.78, 5) is 9.03. The normalized spacial score (nSPS) is 16.8. The van der Waals surface area contributed by atoms with Gasteiger partial charge in [0.15, 0.2) is 11.5 Å². The van der Waals surface area contributed by atoms with Gasteiger partial charge in [-0.3, -0.25) is 0 Å². The van der Waals surface area contributed by atoms with Gasteiger partial charge in [-0.15, -0.1) is 0 Å². The van der Waals surface area contributed by atoms with Crippen molar-refractivity contribution in [2.75, 3.05) is 6.61 Å². The second-order valence-corrected chi connectivity index (χ2v) is 6.02. The SMILES string of the molecule is Cc1nc(CCC2COc3ccccc3O2)cc(C(C)C)n1. The quantitative estimate of drug-likeness (QED) is 0.863. The van der Waals surface area contributed by atoms with Crippen LogP contribution in [0.5, 0.6) is 11.5 Å². The molecular weight excluding hydrogens is 276 g/mol. The Morgan fingerprint density at radius 2 is 1.95 bits per heavy atom. The molecule has 22 heavy (non-hydrogen) atoms. The first-order chi connectivity index (χ1) is 10.6. The minimum absolute atomic E-state index is 0.0765. The molecule has 0 amide bonds. The lowest BCUT2D eigenvalue weighted by atomic mass is 10.1. The van der Waals surface area contributed by atoms with E-state index in [4.69, 9.17) is 9.47 Å². The molecule has 4 nitrogen and oxygen atoms in total. The molecule has 3 rings (SSSR count). The fourth-order valence-corrected chi connectivity index (χ4v) is 2.59. The van der Waals surface area contributed by atoms with E-state index in [9.17, 15) is 0 Å². The first kappa shape index (κ1) is 14.8. The highest BCUT2D eigenvalue weighted by Gasteiger charge is 2.20. The Labute approximate surface area is 131 Å². The van der Waals surface area contributed by atoms with Crippen LogP contribution >= 0.6 is 0 Å². The average Bonchev–Trinajstić information content (AvgIpc) is 2.52. The molecule has 1 aromatic carbocycles. The highest BCUT2D eigenvalue weighted by molar-refractivity contribution is 5.40. The van der Waals surface area contributed by atoms with Crippen LogP contribution in [0.4, 0.5) is 0 Å². The summed E-state index contributed by atoms with van der Waals surface area (Å²) in [6, 6.07) is 9.92. The van der Waals surface area contributed by atoms with Gasteiger partial charge in [-0.05, 0) is 43.9 Å². The standard InChI is InChI=1S/C18H22N2O2/c1-12(2)16-10-14(19-13(3)20-16)8-9-15-11-21-17-6-4-5-7-18(17)22-15/h4-7,10,12,15H,8-9,11H2,1-3H3. The maximum Gasteiger partial charge on any atom is 0.161 e. The van der Waals surface area contributed by atoms with Gasteiger partial charge in [0.1, 0.15) is 18.5 Å². The molecule has 1 aliphatic rings. The van der Waals surface area contributed by atoms with E-state index in [1.54, 1.807) is 0 Å². The minimum atomic E-state index is 0.0765. The molecule has 0 saturated heterocycles. The largest absolute Gasteiger partial charge is 0.486 e. The van der Waals surface area contributed by atoms with Crippen molar-refractivity contribution in [2.24, 2.45) is 0 Å². The lowest BCUT2D eigenvalue weighted by Gasteiger charge is -2.26. The molecule has 0 radical (unpaired) electrons. The van der Waals surface area contributed by atoms with Crippen LogP contribution in [0.1, 0.15) is 43.4 Å². The molecule has 0 saturated carbocycles. The van der Waals surface area contributed by atoms with Crippen molar-refractivity contribution in [3.8, 4) is 11.5 Å². The molecule has 1 unspecified atom stereocenters. The maximum absolute atomic E-state index is 5.99. The van der Waals surface area contributed by atoms with Crippen LogP contribution in [0.15, 0.2) is 30.3 Å². The fourth-order valence-electron chi connectivity index (χ4n) is 2.59. The van der Waals surface area contributed by atoms with Crippen LogP contribution in [0.25, 0.3) is 0 Å². The molecule has 1 aliphatic heterocycles. The van der Waals surface area contributed by atoms with Gasteiger partial charge >= 0.3 is 0 Å². The summed E-state index contributed by atoms with van der Waals surface area (Å²) in [5.41, 5.74) is 2.19. The molecule has 0 N–H and O–H groups in total. The van der Waals surface area contributed by atoms with E-state index in [2.05, 4.69) is 29.9 Å². The zero-order valence-corrected chi connectivity index (χ0v) is 13.4. The number of aryl methyl sites for hydroxylation is 2. The van der Waals surface area contributed by atoms with Crippen molar-refractivity contribution >= 4 is 0 Å². The van der Waals surface area contributed by atoms with Crippen molar-refractivity contribution in [1.29, 1.82) is 0 Å². The van der Waals surface area contributed by atoms with Crippen LogP contribution in [-0.2, 0) is 6.42 Å². The molecule has 0 fully saturated rings. The van der Waals surface area contributed by atoms with Crippen molar-refractivity contribution in [3.63, 3.8) is 0 Å². The summed E-state index contributed by atoms with van der Waals surface area (Å²) in [5, 5.41) is 0.